The third-order valence-electron chi connectivity index (χ3n) is 3.95. The molecule has 6 heteroatoms. The molecule has 0 aliphatic heterocycles. The molecule has 0 saturated heterocycles. The van der Waals surface area contributed by atoms with Crippen LogP contribution in [0.3, 0.4) is 0 Å². The zero-order valence-electron chi connectivity index (χ0n) is 14.5. The predicted molar refractivity (Wildman–Crippen MR) is 94.9 cm³/mol. The zero-order chi connectivity index (χ0) is 17.6. The number of carbonyl (C=O) groups excluding carboxylic acids is 1. The number of benzene rings is 1. The minimum Gasteiger partial charge on any atom is -0.383 e. The van der Waals surface area contributed by atoms with Gasteiger partial charge in [-0.25, -0.2) is 4.79 Å². The van der Waals surface area contributed by atoms with Crippen molar-refractivity contribution in [2.75, 3.05) is 11.9 Å². The fourth-order valence-electron chi connectivity index (χ4n) is 2.36. The van der Waals surface area contributed by atoms with Gasteiger partial charge in [0.2, 0.25) is 0 Å². The van der Waals surface area contributed by atoms with Crippen molar-refractivity contribution in [1.29, 1.82) is 0 Å². The molecule has 6 nitrogen and oxygen atoms in total. The van der Waals surface area contributed by atoms with Gasteiger partial charge in [0.25, 0.3) is 0 Å². The third kappa shape index (κ3) is 5.09. The number of nitrogens with zero attached hydrogens (tertiary/aromatic N) is 2. The number of unbranched alkanes of at least 4 members (excludes halogenated alkanes) is 1. The Hall–Kier alpha value is -2.34. The molecule has 0 aliphatic carbocycles. The Labute approximate surface area is 142 Å². The number of amides is 2. The molecule has 1 heterocycles. The maximum Gasteiger partial charge on any atom is 0.319 e. The second-order valence-corrected chi connectivity index (χ2v) is 6.28. The number of carbonyl (C=O) groups is 1. The first-order valence-electron chi connectivity index (χ1n) is 8.26. The summed E-state index contributed by atoms with van der Waals surface area (Å²) in [5, 5.41) is 19.9. The highest BCUT2D eigenvalue weighted by molar-refractivity contribution is 5.89. The van der Waals surface area contributed by atoms with Gasteiger partial charge in [-0.05, 0) is 37.5 Å². The molecule has 0 bridgehead atoms. The Morgan fingerprint density at radius 3 is 2.62 bits per heavy atom. The van der Waals surface area contributed by atoms with Gasteiger partial charge in [0.15, 0.2) is 0 Å². The van der Waals surface area contributed by atoms with E-state index in [9.17, 15) is 9.90 Å². The Morgan fingerprint density at radius 1 is 1.33 bits per heavy atom. The highest BCUT2D eigenvalue weighted by Gasteiger charge is 2.25. The lowest BCUT2D eigenvalue weighted by Gasteiger charge is -2.22. The van der Waals surface area contributed by atoms with Crippen LogP contribution in [0.5, 0.6) is 0 Å². The Kier molecular flexibility index (Phi) is 5.98. The summed E-state index contributed by atoms with van der Waals surface area (Å²) < 4.78 is 1.62. The van der Waals surface area contributed by atoms with E-state index in [-0.39, 0.29) is 12.6 Å². The van der Waals surface area contributed by atoms with E-state index in [1.807, 2.05) is 24.3 Å². The van der Waals surface area contributed by atoms with Crippen molar-refractivity contribution in [3.05, 3.63) is 47.8 Å². The van der Waals surface area contributed by atoms with Crippen molar-refractivity contribution in [2.45, 2.75) is 38.7 Å². The number of aliphatic hydroxyl groups is 1. The quantitative estimate of drug-likeness (QED) is 0.730. The molecule has 2 amide bonds. The number of anilines is 1. The Morgan fingerprint density at radius 2 is 2.04 bits per heavy atom. The fraction of sp³-hybridized carbons (Fsp3) is 0.444. The highest BCUT2D eigenvalue weighted by atomic mass is 16.3. The first-order valence-corrected chi connectivity index (χ1v) is 8.26. The molecule has 1 atom stereocenters. The summed E-state index contributed by atoms with van der Waals surface area (Å²) in [5.41, 5.74) is 1.48. The van der Waals surface area contributed by atoms with Crippen LogP contribution in [0.1, 0.15) is 37.8 Å². The molecule has 3 N–H and O–H groups in total. The van der Waals surface area contributed by atoms with Crippen LogP contribution in [-0.2, 0) is 19.1 Å². The average molecular weight is 330 g/mol. The monoisotopic (exact) mass is 330 g/mol. The summed E-state index contributed by atoms with van der Waals surface area (Å²) in [4.78, 5) is 12.0. The van der Waals surface area contributed by atoms with Gasteiger partial charge < -0.3 is 15.7 Å². The summed E-state index contributed by atoms with van der Waals surface area (Å²) in [7, 11) is 1.78. The van der Waals surface area contributed by atoms with Crippen molar-refractivity contribution < 1.29 is 9.90 Å². The summed E-state index contributed by atoms with van der Waals surface area (Å²) >= 11 is 0. The van der Waals surface area contributed by atoms with Gasteiger partial charge in [-0.1, -0.05) is 25.5 Å². The van der Waals surface area contributed by atoms with Gasteiger partial charge in [0.1, 0.15) is 5.60 Å². The molecule has 1 unspecified atom stereocenters. The van der Waals surface area contributed by atoms with Crippen LogP contribution in [0.25, 0.3) is 0 Å². The fourth-order valence-corrected chi connectivity index (χ4v) is 2.36. The van der Waals surface area contributed by atoms with Gasteiger partial charge in [-0.2, -0.15) is 5.10 Å². The molecule has 24 heavy (non-hydrogen) atoms. The molecule has 0 fully saturated rings. The standard InChI is InChI=1S/C18H26N4O2/c1-4-5-6-14-7-9-16(10-8-14)21-17(23)19-13-18(2,24)15-11-20-22(3)12-15/h7-12,24H,4-6,13H2,1-3H3,(H2,19,21,23). The number of aromatic nitrogens is 2. The lowest BCUT2D eigenvalue weighted by atomic mass is 10.00. The van der Waals surface area contributed by atoms with E-state index in [0.29, 0.717) is 5.56 Å². The van der Waals surface area contributed by atoms with E-state index < -0.39 is 5.60 Å². The number of hydrogen-bond acceptors (Lipinski definition) is 3. The molecular formula is C18H26N4O2. The smallest absolute Gasteiger partial charge is 0.319 e. The number of rotatable bonds is 7. The van der Waals surface area contributed by atoms with Gasteiger partial charge in [-0.3, -0.25) is 4.68 Å². The first-order chi connectivity index (χ1) is 11.4. The van der Waals surface area contributed by atoms with E-state index in [2.05, 4.69) is 22.7 Å². The lowest BCUT2D eigenvalue weighted by molar-refractivity contribution is 0.0599. The number of aryl methyl sites for hydroxylation is 2. The molecule has 1 aromatic carbocycles. The van der Waals surface area contributed by atoms with E-state index in [0.717, 1.165) is 18.5 Å². The summed E-state index contributed by atoms with van der Waals surface area (Å²) in [6, 6.07) is 7.49. The number of urea groups is 1. The van der Waals surface area contributed by atoms with Crippen molar-refractivity contribution in [2.24, 2.45) is 7.05 Å². The minimum absolute atomic E-state index is 0.0963. The maximum atomic E-state index is 12.0. The van der Waals surface area contributed by atoms with Crippen LogP contribution in [0, 0.1) is 0 Å². The zero-order valence-corrected chi connectivity index (χ0v) is 14.5. The number of hydrogen-bond donors (Lipinski definition) is 3. The van der Waals surface area contributed by atoms with Gasteiger partial charge >= 0.3 is 6.03 Å². The molecular weight excluding hydrogens is 304 g/mol. The van der Waals surface area contributed by atoms with Crippen LogP contribution in [0.4, 0.5) is 10.5 Å². The predicted octanol–water partition coefficient (Wildman–Crippen LogP) is 2.79. The summed E-state index contributed by atoms with van der Waals surface area (Å²) in [6.07, 6.45) is 6.70. The molecule has 1 aromatic heterocycles. The third-order valence-corrected chi connectivity index (χ3v) is 3.95. The van der Waals surface area contributed by atoms with Crippen molar-refractivity contribution in [3.63, 3.8) is 0 Å². The molecule has 0 spiro atoms. The number of nitrogens with one attached hydrogen (secondary N) is 2. The van der Waals surface area contributed by atoms with E-state index in [1.54, 1.807) is 31.0 Å². The summed E-state index contributed by atoms with van der Waals surface area (Å²) in [5.74, 6) is 0. The molecule has 0 radical (unpaired) electrons. The van der Waals surface area contributed by atoms with Gasteiger partial charge in [-0.15, -0.1) is 0 Å². The van der Waals surface area contributed by atoms with Gasteiger partial charge in [0, 0.05) is 24.5 Å². The SMILES string of the molecule is CCCCc1ccc(NC(=O)NCC(C)(O)c2cnn(C)c2)cc1. The topological polar surface area (TPSA) is 79.2 Å². The molecule has 0 aliphatic rings. The Bertz CT molecular complexity index is 662. The van der Waals surface area contributed by atoms with Gasteiger partial charge in [0.05, 0.1) is 12.7 Å². The van der Waals surface area contributed by atoms with Crippen LogP contribution < -0.4 is 10.6 Å². The van der Waals surface area contributed by atoms with E-state index >= 15 is 0 Å². The second-order valence-electron chi connectivity index (χ2n) is 6.28. The highest BCUT2D eigenvalue weighted by Crippen LogP contribution is 2.18. The van der Waals surface area contributed by atoms with E-state index in [1.165, 1.54) is 12.0 Å². The molecule has 2 aromatic rings. The van der Waals surface area contributed by atoms with Crippen molar-refractivity contribution >= 4 is 11.7 Å². The van der Waals surface area contributed by atoms with E-state index in [4.69, 9.17) is 0 Å². The second kappa shape index (κ2) is 7.97. The van der Waals surface area contributed by atoms with Crippen LogP contribution in [0.2, 0.25) is 0 Å². The largest absolute Gasteiger partial charge is 0.383 e. The minimum atomic E-state index is -1.17. The normalized spacial score (nSPS) is 13.3. The average Bonchev–Trinajstić information content (AvgIpc) is 3.00. The maximum absolute atomic E-state index is 12.0. The molecule has 130 valence electrons. The van der Waals surface area contributed by atoms with Crippen LogP contribution >= 0.6 is 0 Å². The first kappa shape index (κ1) is 18.0. The van der Waals surface area contributed by atoms with Crippen molar-refractivity contribution in [1.82, 2.24) is 15.1 Å². The summed E-state index contributed by atoms with van der Waals surface area (Å²) in [6.45, 7) is 3.91. The molecule has 0 saturated carbocycles. The molecule has 2 rings (SSSR count). The lowest BCUT2D eigenvalue weighted by Crippen LogP contribution is -2.40. The Balaban J connectivity index is 1.84. The van der Waals surface area contributed by atoms with Crippen molar-refractivity contribution in [3.8, 4) is 0 Å². The van der Waals surface area contributed by atoms with Crippen LogP contribution in [0.15, 0.2) is 36.7 Å². The van der Waals surface area contributed by atoms with Crippen LogP contribution in [-0.4, -0.2) is 27.5 Å².